The van der Waals surface area contributed by atoms with Crippen molar-refractivity contribution in [1.82, 2.24) is 15.1 Å². The zero-order chi connectivity index (χ0) is 21.3. The van der Waals surface area contributed by atoms with Crippen LogP contribution in [0.1, 0.15) is 45.9 Å². The highest BCUT2D eigenvalue weighted by Gasteiger charge is 2.27. The third kappa shape index (κ3) is 4.24. The van der Waals surface area contributed by atoms with Gasteiger partial charge in [0.15, 0.2) is 0 Å². The zero-order valence-corrected chi connectivity index (χ0v) is 18.5. The first-order valence-corrected chi connectivity index (χ1v) is 10.8. The molecule has 0 saturated carbocycles. The highest BCUT2D eigenvalue weighted by Crippen LogP contribution is 2.32. The van der Waals surface area contributed by atoms with Gasteiger partial charge in [0.05, 0.1) is 23.1 Å². The highest BCUT2D eigenvalue weighted by molar-refractivity contribution is 6.32. The average molecular weight is 443 g/mol. The fraction of sp³-hybridized carbons (Fsp3) is 0.304. The lowest BCUT2D eigenvalue weighted by Crippen LogP contribution is -2.29. The van der Waals surface area contributed by atoms with Crippen molar-refractivity contribution in [2.75, 3.05) is 18.4 Å². The molecular weight excluding hydrogens is 419 g/mol. The quantitative estimate of drug-likeness (QED) is 0.559. The number of nitrogens with zero attached hydrogens (tertiary/aromatic N) is 2. The van der Waals surface area contributed by atoms with E-state index in [-0.39, 0.29) is 11.8 Å². The van der Waals surface area contributed by atoms with Crippen LogP contribution >= 0.6 is 23.2 Å². The maximum absolute atomic E-state index is 13.2. The summed E-state index contributed by atoms with van der Waals surface area (Å²) in [7, 11) is 0. The summed E-state index contributed by atoms with van der Waals surface area (Å²) in [4.78, 5) is 13.2. The van der Waals surface area contributed by atoms with E-state index in [4.69, 9.17) is 23.2 Å². The molecule has 2 N–H and O–H groups in total. The summed E-state index contributed by atoms with van der Waals surface area (Å²) in [5.74, 6) is 0.0455. The van der Waals surface area contributed by atoms with E-state index in [0.29, 0.717) is 21.3 Å². The number of rotatable bonds is 4. The molecule has 2 heterocycles. The number of aromatic nitrogens is 2. The van der Waals surface area contributed by atoms with Gasteiger partial charge >= 0.3 is 0 Å². The second-order valence-electron chi connectivity index (χ2n) is 7.73. The van der Waals surface area contributed by atoms with Crippen LogP contribution in [0.5, 0.6) is 0 Å². The van der Waals surface area contributed by atoms with Gasteiger partial charge in [-0.2, -0.15) is 5.10 Å². The molecule has 2 aromatic carbocycles. The molecule has 4 rings (SSSR count). The van der Waals surface area contributed by atoms with Crippen LogP contribution in [0.2, 0.25) is 10.0 Å². The van der Waals surface area contributed by atoms with Crippen molar-refractivity contribution >= 4 is 34.8 Å². The van der Waals surface area contributed by atoms with Crippen LogP contribution in [0.25, 0.3) is 5.69 Å². The molecule has 0 spiro atoms. The maximum Gasteiger partial charge on any atom is 0.259 e. The molecule has 1 aliphatic heterocycles. The molecule has 156 valence electrons. The molecule has 3 aromatic rings. The van der Waals surface area contributed by atoms with E-state index in [1.165, 1.54) is 0 Å². The van der Waals surface area contributed by atoms with Gasteiger partial charge < -0.3 is 10.6 Å². The fourth-order valence-electron chi connectivity index (χ4n) is 3.81. The average Bonchev–Trinajstić information content (AvgIpc) is 3.19. The number of benzene rings is 2. The minimum Gasteiger partial charge on any atom is -0.322 e. The molecule has 7 heteroatoms. The second-order valence-corrected chi connectivity index (χ2v) is 8.55. The van der Waals surface area contributed by atoms with Gasteiger partial charge in [-0.25, -0.2) is 4.68 Å². The molecule has 0 aliphatic carbocycles. The van der Waals surface area contributed by atoms with Crippen LogP contribution in [-0.4, -0.2) is 28.8 Å². The Morgan fingerprint density at radius 3 is 2.40 bits per heavy atom. The van der Waals surface area contributed by atoms with Gasteiger partial charge in [0.2, 0.25) is 0 Å². The Hall–Kier alpha value is -2.34. The van der Waals surface area contributed by atoms with Gasteiger partial charge in [-0.1, -0.05) is 35.3 Å². The summed E-state index contributed by atoms with van der Waals surface area (Å²) < 4.78 is 1.86. The van der Waals surface area contributed by atoms with Crippen molar-refractivity contribution in [3.05, 3.63) is 75.0 Å². The van der Waals surface area contributed by atoms with Crippen molar-refractivity contribution in [2.24, 2.45) is 0 Å². The van der Waals surface area contributed by atoms with Crippen molar-refractivity contribution in [3.8, 4) is 5.69 Å². The molecule has 1 amide bonds. The monoisotopic (exact) mass is 442 g/mol. The van der Waals surface area contributed by atoms with Crippen LogP contribution in [0.15, 0.2) is 42.6 Å². The second kappa shape index (κ2) is 8.80. The van der Waals surface area contributed by atoms with Gasteiger partial charge in [0.1, 0.15) is 0 Å². The fourth-order valence-corrected chi connectivity index (χ4v) is 4.16. The van der Waals surface area contributed by atoms with Gasteiger partial charge in [-0.15, -0.1) is 0 Å². The molecule has 0 unspecified atom stereocenters. The maximum atomic E-state index is 13.2. The number of piperidine rings is 1. The normalized spacial score (nSPS) is 14.7. The SMILES string of the molecule is Cc1ccc(NC(=O)c2cnn(-c3ccc(C)c(Cl)c3)c2C2CCNCC2)cc1Cl. The molecule has 0 atom stereocenters. The van der Waals surface area contributed by atoms with Crippen molar-refractivity contribution in [3.63, 3.8) is 0 Å². The summed E-state index contributed by atoms with van der Waals surface area (Å²) in [6, 6.07) is 11.4. The number of carbonyl (C=O) groups is 1. The van der Waals surface area contributed by atoms with E-state index in [1.54, 1.807) is 12.3 Å². The minimum atomic E-state index is -0.187. The van der Waals surface area contributed by atoms with Crippen LogP contribution in [0.4, 0.5) is 5.69 Å². The topological polar surface area (TPSA) is 59.0 Å². The Bertz CT molecular complexity index is 1090. The smallest absolute Gasteiger partial charge is 0.259 e. The third-order valence-corrected chi connectivity index (χ3v) is 6.42. The predicted molar refractivity (Wildman–Crippen MR) is 122 cm³/mol. The first-order valence-electron chi connectivity index (χ1n) is 10.1. The molecule has 1 fully saturated rings. The lowest BCUT2D eigenvalue weighted by atomic mass is 9.91. The standard InChI is InChI=1S/C23H24Cl2N4O/c1-14-3-5-17(11-20(14)24)28-23(30)19-13-27-29(18-6-4-15(2)21(25)12-18)22(19)16-7-9-26-10-8-16/h3-6,11-13,16,26H,7-10H2,1-2H3,(H,28,30). The minimum absolute atomic E-state index is 0.187. The van der Waals surface area contributed by atoms with Crippen molar-refractivity contribution in [2.45, 2.75) is 32.6 Å². The molecule has 5 nitrogen and oxygen atoms in total. The summed E-state index contributed by atoms with van der Waals surface area (Å²) in [5.41, 5.74) is 5.00. The molecule has 30 heavy (non-hydrogen) atoms. The Labute approximate surface area is 186 Å². The summed E-state index contributed by atoms with van der Waals surface area (Å²) in [6.07, 6.45) is 3.54. The van der Waals surface area contributed by atoms with Gasteiger partial charge in [0, 0.05) is 21.7 Å². The molecule has 0 bridgehead atoms. The summed E-state index contributed by atoms with van der Waals surface area (Å²) >= 11 is 12.6. The Balaban J connectivity index is 1.73. The van der Waals surface area contributed by atoms with E-state index in [0.717, 1.165) is 48.4 Å². The molecule has 1 saturated heterocycles. The van der Waals surface area contributed by atoms with E-state index in [2.05, 4.69) is 15.7 Å². The molecular formula is C23H24Cl2N4O. The van der Waals surface area contributed by atoms with Gasteiger partial charge in [-0.3, -0.25) is 4.79 Å². The zero-order valence-electron chi connectivity index (χ0n) is 17.0. The number of halogens is 2. The van der Waals surface area contributed by atoms with Gasteiger partial charge in [-0.05, 0) is 75.2 Å². The third-order valence-electron chi connectivity index (χ3n) is 5.61. The number of hydrogen-bond donors (Lipinski definition) is 2. The van der Waals surface area contributed by atoms with Crippen LogP contribution < -0.4 is 10.6 Å². The van der Waals surface area contributed by atoms with Gasteiger partial charge in [0.25, 0.3) is 5.91 Å². The number of anilines is 1. The Morgan fingerprint density at radius 2 is 1.73 bits per heavy atom. The number of nitrogens with one attached hydrogen (secondary N) is 2. The van der Waals surface area contributed by atoms with E-state index >= 15 is 0 Å². The molecule has 1 aromatic heterocycles. The van der Waals surface area contributed by atoms with Crippen molar-refractivity contribution < 1.29 is 4.79 Å². The Morgan fingerprint density at radius 1 is 1.07 bits per heavy atom. The lowest BCUT2D eigenvalue weighted by molar-refractivity contribution is 0.102. The van der Waals surface area contributed by atoms with Crippen LogP contribution in [-0.2, 0) is 0 Å². The van der Waals surface area contributed by atoms with Crippen LogP contribution in [0.3, 0.4) is 0 Å². The largest absolute Gasteiger partial charge is 0.322 e. The molecule has 0 radical (unpaired) electrons. The number of carbonyl (C=O) groups excluding carboxylic acids is 1. The first kappa shape index (κ1) is 20.9. The molecule has 1 aliphatic rings. The van der Waals surface area contributed by atoms with Crippen molar-refractivity contribution in [1.29, 1.82) is 0 Å². The van der Waals surface area contributed by atoms with Crippen LogP contribution in [0, 0.1) is 13.8 Å². The summed E-state index contributed by atoms with van der Waals surface area (Å²) in [6.45, 7) is 5.73. The highest BCUT2D eigenvalue weighted by atomic mass is 35.5. The van der Waals surface area contributed by atoms with E-state index in [9.17, 15) is 4.79 Å². The van der Waals surface area contributed by atoms with E-state index in [1.807, 2.05) is 48.9 Å². The number of aryl methyl sites for hydroxylation is 2. The lowest BCUT2D eigenvalue weighted by Gasteiger charge is -2.25. The number of amides is 1. The first-order chi connectivity index (χ1) is 14.4. The van der Waals surface area contributed by atoms with E-state index < -0.39 is 0 Å². The number of hydrogen-bond acceptors (Lipinski definition) is 3. The Kier molecular flexibility index (Phi) is 6.14. The predicted octanol–water partition coefficient (Wildman–Crippen LogP) is 5.52. The summed E-state index contributed by atoms with van der Waals surface area (Å²) in [5, 5.41) is 12.2.